The average Bonchev–Trinajstić information content (AvgIpc) is 2.97. The van der Waals surface area contributed by atoms with E-state index in [0.717, 1.165) is 31.2 Å². The highest BCUT2D eigenvalue weighted by atomic mass is 16.7. The van der Waals surface area contributed by atoms with Crippen LogP contribution in [-0.4, -0.2) is 31.1 Å². The minimum atomic E-state index is -0.383. The van der Waals surface area contributed by atoms with Gasteiger partial charge in [-0.2, -0.15) is 0 Å². The molecule has 0 radical (unpaired) electrons. The van der Waals surface area contributed by atoms with Crippen molar-refractivity contribution in [2.24, 2.45) is 0 Å². The van der Waals surface area contributed by atoms with Crippen molar-refractivity contribution in [3.8, 4) is 0 Å². The van der Waals surface area contributed by atoms with Crippen molar-refractivity contribution >= 4 is 6.09 Å². The van der Waals surface area contributed by atoms with E-state index in [4.69, 9.17) is 14.2 Å². The summed E-state index contributed by atoms with van der Waals surface area (Å²) in [6.07, 6.45) is 3.03. The van der Waals surface area contributed by atoms with Gasteiger partial charge in [-0.15, -0.1) is 0 Å². The predicted octanol–water partition coefficient (Wildman–Crippen LogP) is 2.60. The summed E-state index contributed by atoms with van der Waals surface area (Å²) < 4.78 is 16.6. The van der Waals surface area contributed by atoms with Gasteiger partial charge < -0.3 is 19.5 Å². The number of alkyl carbamates (subject to hydrolysis) is 1. The average molecular weight is 291 g/mol. The molecule has 114 valence electrons. The Morgan fingerprint density at radius 1 is 1.19 bits per heavy atom. The molecule has 1 aromatic rings. The van der Waals surface area contributed by atoms with Crippen molar-refractivity contribution in [1.29, 1.82) is 0 Å². The highest BCUT2D eigenvalue weighted by Crippen LogP contribution is 2.35. The first-order valence-corrected chi connectivity index (χ1v) is 7.51. The summed E-state index contributed by atoms with van der Waals surface area (Å²) in [5.74, 6) is -0.383. The summed E-state index contributed by atoms with van der Waals surface area (Å²) >= 11 is 0. The van der Waals surface area contributed by atoms with Crippen molar-refractivity contribution < 1.29 is 19.0 Å². The second-order valence-corrected chi connectivity index (χ2v) is 5.59. The molecule has 1 spiro atoms. The standard InChI is InChI=1S/C16H21NO4/c18-15(19-12-13-4-2-1-3-5-13)17-14-6-8-16(9-7-14)20-10-11-21-16/h1-5,14H,6-12H2,(H,17,18). The molecular weight excluding hydrogens is 270 g/mol. The number of ether oxygens (including phenoxy) is 3. The smallest absolute Gasteiger partial charge is 0.407 e. The quantitative estimate of drug-likeness (QED) is 0.930. The highest BCUT2D eigenvalue weighted by molar-refractivity contribution is 5.67. The molecule has 1 heterocycles. The zero-order valence-corrected chi connectivity index (χ0v) is 12.0. The summed E-state index contributed by atoms with van der Waals surface area (Å²) in [7, 11) is 0. The van der Waals surface area contributed by atoms with Crippen LogP contribution in [0.5, 0.6) is 0 Å². The fourth-order valence-electron chi connectivity index (χ4n) is 2.92. The van der Waals surface area contributed by atoms with Crippen LogP contribution in [0, 0.1) is 0 Å². The maximum absolute atomic E-state index is 11.8. The van der Waals surface area contributed by atoms with E-state index in [0.29, 0.717) is 19.8 Å². The van der Waals surface area contributed by atoms with Crippen molar-refractivity contribution in [2.45, 2.75) is 44.1 Å². The molecule has 1 saturated carbocycles. The maximum Gasteiger partial charge on any atom is 0.407 e. The van der Waals surface area contributed by atoms with Crippen LogP contribution < -0.4 is 5.32 Å². The van der Waals surface area contributed by atoms with Crippen molar-refractivity contribution in [3.63, 3.8) is 0 Å². The number of carbonyl (C=O) groups is 1. The Kier molecular flexibility index (Phi) is 4.41. The van der Waals surface area contributed by atoms with E-state index in [1.54, 1.807) is 0 Å². The normalized spacial score (nSPS) is 21.3. The van der Waals surface area contributed by atoms with Crippen molar-refractivity contribution in [1.82, 2.24) is 5.32 Å². The van der Waals surface area contributed by atoms with Gasteiger partial charge in [0.25, 0.3) is 0 Å². The largest absolute Gasteiger partial charge is 0.445 e. The first kappa shape index (κ1) is 14.4. The highest BCUT2D eigenvalue weighted by Gasteiger charge is 2.40. The van der Waals surface area contributed by atoms with Gasteiger partial charge in [0.15, 0.2) is 5.79 Å². The summed E-state index contributed by atoms with van der Waals surface area (Å²) in [5.41, 5.74) is 0.989. The number of rotatable bonds is 3. The lowest BCUT2D eigenvalue weighted by Gasteiger charge is -2.35. The zero-order chi connectivity index (χ0) is 14.5. The van der Waals surface area contributed by atoms with Crippen LogP contribution in [0.3, 0.4) is 0 Å². The number of nitrogens with one attached hydrogen (secondary N) is 1. The third-order valence-corrected chi connectivity index (χ3v) is 4.10. The summed E-state index contributed by atoms with van der Waals surface area (Å²) in [5, 5.41) is 2.92. The van der Waals surface area contributed by atoms with Gasteiger partial charge in [0.1, 0.15) is 6.61 Å². The topological polar surface area (TPSA) is 56.8 Å². The van der Waals surface area contributed by atoms with Crippen LogP contribution in [0.25, 0.3) is 0 Å². The molecule has 1 N–H and O–H groups in total. The summed E-state index contributed by atoms with van der Waals surface area (Å²) in [4.78, 5) is 11.8. The van der Waals surface area contributed by atoms with Gasteiger partial charge in [-0.25, -0.2) is 4.79 Å². The fraction of sp³-hybridized carbons (Fsp3) is 0.562. The molecule has 0 aromatic heterocycles. The molecule has 0 unspecified atom stereocenters. The molecule has 0 atom stereocenters. The molecule has 1 saturated heterocycles. The molecular formula is C16H21NO4. The zero-order valence-electron chi connectivity index (χ0n) is 12.0. The van der Waals surface area contributed by atoms with Gasteiger partial charge in [-0.1, -0.05) is 30.3 Å². The molecule has 1 aliphatic carbocycles. The lowest BCUT2D eigenvalue weighted by atomic mass is 9.90. The molecule has 5 nitrogen and oxygen atoms in total. The maximum atomic E-state index is 11.8. The number of benzene rings is 1. The Balaban J connectivity index is 1.40. The molecule has 3 rings (SSSR count). The van der Waals surface area contributed by atoms with E-state index in [1.807, 2.05) is 30.3 Å². The number of hydrogen-bond donors (Lipinski definition) is 1. The van der Waals surface area contributed by atoms with E-state index in [-0.39, 0.29) is 17.9 Å². The van der Waals surface area contributed by atoms with Crippen LogP contribution >= 0.6 is 0 Å². The van der Waals surface area contributed by atoms with E-state index >= 15 is 0 Å². The van der Waals surface area contributed by atoms with E-state index in [1.165, 1.54) is 0 Å². The molecule has 1 aliphatic heterocycles. The van der Waals surface area contributed by atoms with Gasteiger partial charge in [0.2, 0.25) is 0 Å². The van der Waals surface area contributed by atoms with E-state index < -0.39 is 0 Å². The fourth-order valence-corrected chi connectivity index (χ4v) is 2.92. The lowest BCUT2D eigenvalue weighted by molar-refractivity contribution is -0.179. The van der Waals surface area contributed by atoms with Gasteiger partial charge in [0.05, 0.1) is 13.2 Å². The molecule has 2 fully saturated rings. The van der Waals surface area contributed by atoms with Crippen LogP contribution in [0.4, 0.5) is 4.79 Å². The Morgan fingerprint density at radius 3 is 2.52 bits per heavy atom. The van der Waals surface area contributed by atoms with Crippen molar-refractivity contribution in [2.75, 3.05) is 13.2 Å². The number of hydrogen-bond acceptors (Lipinski definition) is 4. The Bertz CT molecular complexity index is 460. The summed E-state index contributed by atoms with van der Waals surface area (Å²) in [6, 6.07) is 9.82. The third kappa shape index (κ3) is 3.74. The van der Waals surface area contributed by atoms with Gasteiger partial charge in [-0.05, 0) is 18.4 Å². The van der Waals surface area contributed by atoms with Gasteiger partial charge >= 0.3 is 6.09 Å². The molecule has 0 bridgehead atoms. The third-order valence-electron chi connectivity index (χ3n) is 4.10. The minimum absolute atomic E-state index is 0.145. The van der Waals surface area contributed by atoms with Crippen molar-refractivity contribution in [3.05, 3.63) is 35.9 Å². The number of amides is 1. The van der Waals surface area contributed by atoms with Crippen LogP contribution in [0.1, 0.15) is 31.2 Å². The molecule has 5 heteroatoms. The molecule has 1 aromatic carbocycles. The summed E-state index contributed by atoms with van der Waals surface area (Å²) in [6.45, 7) is 1.66. The van der Waals surface area contributed by atoms with E-state index in [2.05, 4.69) is 5.32 Å². The van der Waals surface area contributed by atoms with E-state index in [9.17, 15) is 4.79 Å². The monoisotopic (exact) mass is 291 g/mol. The SMILES string of the molecule is O=C(NC1CCC2(CC1)OCCO2)OCc1ccccc1. The minimum Gasteiger partial charge on any atom is -0.445 e. The second-order valence-electron chi connectivity index (χ2n) is 5.59. The van der Waals surface area contributed by atoms with Crippen LogP contribution in [0.15, 0.2) is 30.3 Å². The Morgan fingerprint density at radius 2 is 1.86 bits per heavy atom. The molecule has 1 amide bonds. The van der Waals surface area contributed by atoms with Gasteiger partial charge in [0, 0.05) is 18.9 Å². The first-order valence-electron chi connectivity index (χ1n) is 7.51. The van der Waals surface area contributed by atoms with Gasteiger partial charge in [-0.3, -0.25) is 0 Å². The molecule has 2 aliphatic rings. The Hall–Kier alpha value is -1.59. The Labute approximate surface area is 124 Å². The number of carbonyl (C=O) groups excluding carboxylic acids is 1. The first-order chi connectivity index (χ1) is 10.3. The van der Waals surface area contributed by atoms with Crippen LogP contribution in [0.2, 0.25) is 0 Å². The second kappa shape index (κ2) is 6.45. The molecule has 21 heavy (non-hydrogen) atoms. The predicted molar refractivity (Wildman–Crippen MR) is 76.7 cm³/mol. The van der Waals surface area contributed by atoms with Crippen LogP contribution in [-0.2, 0) is 20.8 Å². The lowest BCUT2D eigenvalue weighted by Crippen LogP contribution is -2.44.